The lowest BCUT2D eigenvalue weighted by Crippen LogP contribution is -2.36. The summed E-state index contributed by atoms with van der Waals surface area (Å²) in [4.78, 5) is 30.2. The van der Waals surface area contributed by atoms with Gasteiger partial charge in [-0.25, -0.2) is 14.2 Å². The highest BCUT2D eigenvalue weighted by Crippen LogP contribution is 2.39. The van der Waals surface area contributed by atoms with Gasteiger partial charge in [0.2, 0.25) is 0 Å². The van der Waals surface area contributed by atoms with Crippen molar-refractivity contribution in [1.82, 2.24) is 15.0 Å². The Balaban J connectivity index is 1.63. The molecule has 3 aromatic rings. The van der Waals surface area contributed by atoms with Crippen molar-refractivity contribution >= 4 is 28.5 Å². The van der Waals surface area contributed by atoms with E-state index in [4.69, 9.17) is 14.5 Å². The molecule has 1 atom stereocenters. The minimum absolute atomic E-state index is 0.0834. The number of aromatic nitrogens is 3. The van der Waals surface area contributed by atoms with Crippen LogP contribution in [0.1, 0.15) is 34.8 Å². The first-order valence-corrected chi connectivity index (χ1v) is 10.7. The molecule has 166 valence electrons. The maximum absolute atomic E-state index is 13.9. The summed E-state index contributed by atoms with van der Waals surface area (Å²) in [5.41, 5.74) is 3.38. The fourth-order valence-electron chi connectivity index (χ4n) is 4.52. The van der Waals surface area contributed by atoms with Gasteiger partial charge in [0.15, 0.2) is 0 Å². The summed E-state index contributed by atoms with van der Waals surface area (Å²) < 4.78 is 24.3. The Hall–Kier alpha value is -3.33. The Bertz CT molecular complexity index is 1150. The number of anilines is 2. The zero-order chi connectivity index (χ0) is 22.1. The fourth-order valence-corrected chi connectivity index (χ4v) is 4.52. The van der Waals surface area contributed by atoms with Gasteiger partial charge < -0.3 is 19.3 Å². The minimum atomic E-state index is -0.427. The van der Waals surface area contributed by atoms with E-state index < -0.39 is 5.97 Å². The van der Waals surface area contributed by atoms with Crippen molar-refractivity contribution in [3.05, 3.63) is 53.7 Å². The lowest BCUT2D eigenvalue weighted by atomic mass is 9.99. The molecule has 0 bridgehead atoms. The molecular weight excluding hydrogens is 413 g/mol. The van der Waals surface area contributed by atoms with Crippen LogP contribution in [0, 0.1) is 5.82 Å². The summed E-state index contributed by atoms with van der Waals surface area (Å²) in [7, 11) is 1.36. The standard InChI is InChI=1S/C23H24FN5O3/c1-31-23(30)15-9-18(20-3-2-4-29(20)17-11-16(24)12-25-13-17)22-19(10-15)26-14-21(27-22)28-5-7-32-8-6-28/h9-14,20H,2-8H2,1H3. The normalized spacial score (nSPS) is 18.9. The van der Waals surface area contributed by atoms with Crippen LogP contribution in [0.2, 0.25) is 0 Å². The molecule has 0 N–H and O–H groups in total. The van der Waals surface area contributed by atoms with Crippen molar-refractivity contribution in [2.75, 3.05) is 49.8 Å². The van der Waals surface area contributed by atoms with E-state index in [2.05, 4.69) is 19.8 Å². The average Bonchev–Trinajstić information content (AvgIpc) is 3.33. The van der Waals surface area contributed by atoms with Crippen LogP contribution >= 0.6 is 0 Å². The number of carbonyl (C=O) groups is 1. The van der Waals surface area contributed by atoms with Crippen LogP contribution in [0.15, 0.2) is 36.8 Å². The molecule has 0 radical (unpaired) electrons. The maximum Gasteiger partial charge on any atom is 0.337 e. The topological polar surface area (TPSA) is 80.7 Å². The van der Waals surface area contributed by atoms with Crippen LogP contribution in [0.25, 0.3) is 11.0 Å². The van der Waals surface area contributed by atoms with E-state index in [-0.39, 0.29) is 11.9 Å². The molecule has 2 aromatic heterocycles. The van der Waals surface area contributed by atoms with Crippen molar-refractivity contribution in [2.45, 2.75) is 18.9 Å². The first kappa shape index (κ1) is 20.6. The SMILES string of the molecule is COC(=O)c1cc(C2CCCN2c2cncc(F)c2)c2nc(N3CCOCC3)cnc2c1. The van der Waals surface area contributed by atoms with Crippen LogP contribution < -0.4 is 9.80 Å². The Morgan fingerprint density at radius 2 is 2.00 bits per heavy atom. The number of morpholine rings is 1. The molecule has 0 spiro atoms. The lowest BCUT2D eigenvalue weighted by Gasteiger charge is -2.29. The van der Waals surface area contributed by atoms with Crippen molar-refractivity contribution < 1.29 is 18.7 Å². The molecule has 8 nitrogen and oxygen atoms in total. The molecule has 0 aliphatic carbocycles. The quantitative estimate of drug-likeness (QED) is 0.576. The Morgan fingerprint density at radius 1 is 1.16 bits per heavy atom. The van der Waals surface area contributed by atoms with Gasteiger partial charge in [-0.2, -0.15) is 0 Å². The molecule has 9 heteroatoms. The molecule has 0 amide bonds. The highest BCUT2D eigenvalue weighted by molar-refractivity contribution is 5.95. The second-order valence-electron chi connectivity index (χ2n) is 7.97. The van der Waals surface area contributed by atoms with E-state index in [0.29, 0.717) is 30.0 Å². The smallest absolute Gasteiger partial charge is 0.337 e. The molecule has 0 saturated carbocycles. The summed E-state index contributed by atoms with van der Waals surface area (Å²) >= 11 is 0. The van der Waals surface area contributed by atoms with Crippen molar-refractivity contribution in [3.8, 4) is 0 Å². The van der Waals surface area contributed by atoms with Crippen LogP contribution in [0.4, 0.5) is 15.9 Å². The maximum atomic E-state index is 13.9. The third kappa shape index (κ3) is 3.84. The largest absolute Gasteiger partial charge is 0.465 e. The van der Waals surface area contributed by atoms with E-state index in [1.165, 1.54) is 19.4 Å². The summed E-state index contributed by atoms with van der Waals surface area (Å²) in [6.45, 7) is 3.56. The zero-order valence-electron chi connectivity index (χ0n) is 17.8. The van der Waals surface area contributed by atoms with Crippen molar-refractivity contribution in [3.63, 3.8) is 0 Å². The molecule has 2 aliphatic rings. The van der Waals surface area contributed by atoms with Gasteiger partial charge in [-0.05, 0) is 25.0 Å². The van der Waals surface area contributed by atoms with Gasteiger partial charge in [0.1, 0.15) is 11.6 Å². The first-order valence-electron chi connectivity index (χ1n) is 10.7. The molecule has 1 unspecified atom stereocenters. The van der Waals surface area contributed by atoms with Gasteiger partial charge in [0, 0.05) is 31.3 Å². The van der Waals surface area contributed by atoms with Gasteiger partial charge in [-0.3, -0.25) is 9.97 Å². The highest BCUT2D eigenvalue weighted by Gasteiger charge is 2.30. The number of esters is 1. The molecular formula is C23H24FN5O3. The second kappa shape index (κ2) is 8.66. The van der Waals surface area contributed by atoms with Crippen LogP contribution in [-0.2, 0) is 9.47 Å². The number of pyridine rings is 1. The molecule has 2 fully saturated rings. The second-order valence-corrected chi connectivity index (χ2v) is 7.97. The molecule has 2 saturated heterocycles. The average molecular weight is 437 g/mol. The highest BCUT2D eigenvalue weighted by atomic mass is 19.1. The van der Waals surface area contributed by atoms with E-state index in [1.807, 2.05) is 6.07 Å². The lowest BCUT2D eigenvalue weighted by molar-refractivity contribution is 0.0600. The molecule has 2 aliphatic heterocycles. The number of ether oxygens (including phenoxy) is 2. The number of halogens is 1. The van der Waals surface area contributed by atoms with E-state index in [1.54, 1.807) is 18.5 Å². The summed E-state index contributed by atoms with van der Waals surface area (Å²) in [6, 6.07) is 4.95. The van der Waals surface area contributed by atoms with E-state index >= 15 is 0 Å². The van der Waals surface area contributed by atoms with Gasteiger partial charge >= 0.3 is 5.97 Å². The molecule has 5 rings (SSSR count). The Morgan fingerprint density at radius 3 is 2.78 bits per heavy atom. The van der Waals surface area contributed by atoms with Gasteiger partial charge in [-0.1, -0.05) is 0 Å². The summed E-state index contributed by atoms with van der Waals surface area (Å²) in [6.07, 6.45) is 6.38. The number of hydrogen-bond donors (Lipinski definition) is 0. The third-order valence-electron chi connectivity index (χ3n) is 6.05. The number of methoxy groups -OCH3 is 1. The fraction of sp³-hybridized carbons (Fsp3) is 0.391. The van der Waals surface area contributed by atoms with Gasteiger partial charge in [0.25, 0.3) is 0 Å². The predicted molar refractivity (Wildman–Crippen MR) is 117 cm³/mol. The molecule has 4 heterocycles. The molecule has 1 aromatic carbocycles. The Kier molecular flexibility index (Phi) is 5.57. The van der Waals surface area contributed by atoms with Crippen molar-refractivity contribution in [1.29, 1.82) is 0 Å². The predicted octanol–water partition coefficient (Wildman–Crippen LogP) is 3.13. The number of hydrogen-bond acceptors (Lipinski definition) is 8. The van der Waals surface area contributed by atoms with Crippen LogP contribution in [-0.4, -0.2) is 60.9 Å². The summed E-state index contributed by atoms with van der Waals surface area (Å²) in [5.74, 6) is -0.0234. The van der Waals surface area contributed by atoms with Crippen LogP contribution in [0.5, 0.6) is 0 Å². The monoisotopic (exact) mass is 437 g/mol. The number of fused-ring (bicyclic) bond motifs is 1. The Labute approximate surface area is 185 Å². The number of nitrogens with zero attached hydrogens (tertiary/aromatic N) is 5. The van der Waals surface area contributed by atoms with Gasteiger partial charge in [-0.15, -0.1) is 0 Å². The van der Waals surface area contributed by atoms with Crippen molar-refractivity contribution in [2.24, 2.45) is 0 Å². The van der Waals surface area contributed by atoms with Crippen LogP contribution in [0.3, 0.4) is 0 Å². The van der Waals surface area contributed by atoms with E-state index in [0.717, 1.165) is 49.4 Å². The third-order valence-corrected chi connectivity index (χ3v) is 6.05. The first-order chi connectivity index (χ1) is 15.6. The minimum Gasteiger partial charge on any atom is -0.465 e. The zero-order valence-corrected chi connectivity index (χ0v) is 17.8. The van der Waals surface area contributed by atoms with E-state index in [9.17, 15) is 9.18 Å². The number of benzene rings is 1. The molecule has 32 heavy (non-hydrogen) atoms. The number of rotatable bonds is 4. The number of carbonyl (C=O) groups excluding carboxylic acids is 1. The summed E-state index contributed by atoms with van der Waals surface area (Å²) in [5, 5.41) is 0. The van der Waals surface area contributed by atoms with Gasteiger partial charge in [0.05, 0.1) is 67.2 Å².